The maximum atomic E-state index is 6.14. The van der Waals surface area contributed by atoms with Crippen LogP contribution in [0.4, 0.5) is 0 Å². The van der Waals surface area contributed by atoms with E-state index in [9.17, 15) is 0 Å². The van der Waals surface area contributed by atoms with Gasteiger partial charge in [0.15, 0.2) is 0 Å². The summed E-state index contributed by atoms with van der Waals surface area (Å²) in [5.74, 6) is 0.815. The minimum Gasteiger partial charge on any atom is -0.327 e. The van der Waals surface area contributed by atoms with Crippen LogP contribution in [0.1, 0.15) is 24.8 Å². The standard InChI is InChI=1S/C16H19N/c17-16(14-8-9-14)10-6-12-5-7-13-3-1-2-4-15(13)11-12/h1-5,7,11,14,16H,6,8-10,17H2. The molecular weight excluding hydrogens is 206 g/mol. The highest BCUT2D eigenvalue weighted by atomic mass is 14.7. The number of nitrogens with two attached hydrogens (primary N) is 1. The Hall–Kier alpha value is -1.34. The molecule has 0 aromatic heterocycles. The largest absolute Gasteiger partial charge is 0.327 e. The van der Waals surface area contributed by atoms with Crippen LogP contribution in [0.3, 0.4) is 0 Å². The van der Waals surface area contributed by atoms with E-state index in [0.29, 0.717) is 6.04 Å². The zero-order valence-corrected chi connectivity index (χ0v) is 10.1. The molecule has 1 heteroatoms. The van der Waals surface area contributed by atoms with Crippen LogP contribution < -0.4 is 5.73 Å². The molecule has 2 aromatic rings. The first-order valence-corrected chi connectivity index (χ1v) is 6.56. The summed E-state index contributed by atoms with van der Waals surface area (Å²) >= 11 is 0. The Morgan fingerprint density at radius 1 is 1.06 bits per heavy atom. The van der Waals surface area contributed by atoms with E-state index in [1.807, 2.05) is 0 Å². The van der Waals surface area contributed by atoms with Crippen molar-refractivity contribution in [3.05, 3.63) is 48.0 Å². The zero-order valence-electron chi connectivity index (χ0n) is 10.1. The highest BCUT2D eigenvalue weighted by Gasteiger charge is 2.27. The molecule has 1 saturated carbocycles. The summed E-state index contributed by atoms with van der Waals surface area (Å²) in [5.41, 5.74) is 7.56. The molecule has 1 fully saturated rings. The number of hydrogen-bond acceptors (Lipinski definition) is 1. The normalized spacial score (nSPS) is 17.2. The minimum atomic E-state index is 0.418. The van der Waals surface area contributed by atoms with Gasteiger partial charge in [-0.05, 0) is 47.9 Å². The Kier molecular flexibility index (Phi) is 2.86. The van der Waals surface area contributed by atoms with Gasteiger partial charge in [-0.15, -0.1) is 0 Å². The topological polar surface area (TPSA) is 26.0 Å². The number of aryl methyl sites for hydroxylation is 1. The zero-order chi connectivity index (χ0) is 11.7. The second-order valence-electron chi connectivity index (χ2n) is 5.22. The lowest BCUT2D eigenvalue weighted by Crippen LogP contribution is -2.22. The van der Waals surface area contributed by atoms with Gasteiger partial charge in [0.1, 0.15) is 0 Å². The molecular formula is C16H19N. The van der Waals surface area contributed by atoms with Gasteiger partial charge in [-0.3, -0.25) is 0 Å². The molecule has 0 amide bonds. The fourth-order valence-electron chi connectivity index (χ4n) is 2.49. The predicted molar refractivity (Wildman–Crippen MR) is 73.0 cm³/mol. The number of benzene rings is 2. The smallest absolute Gasteiger partial charge is 0.00703 e. The molecule has 0 aliphatic heterocycles. The maximum absolute atomic E-state index is 6.14. The van der Waals surface area contributed by atoms with Gasteiger partial charge in [0.25, 0.3) is 0 Å². The maximum Gasteiger partial charge on any atom is 0.00703 e. The summed E-state index contributed by atoms with van der Waals surface area (Å²) in [7, 11) is 0. The van der Waals surface area contributed by atoms with E-state index in [2.05, 4.69) is 42.5 Å². The Bertz CT molecular complexity index is 514. The fourth-order valence-corrected chi connectivity index (χ4v) is 2.49. The van der Waals surface area contributed by atoms with Gasteiger partial charge in [0.05, 0.1) is 0 Å². The van der Waals surface area contributed by atoms with Crippen molar-refractivity contribution in [2.24, 2.45) is 11.7 Å². The van der Waals surface area contributed by atoms with Crippen LogP contribution in [0, 0.1) is 5.92 Å². The van der Waals surface area contributed by atoms with Crippen LogP contribution in [0.15, 0.2) is 42.5 Å². The van der Waals surface area contributed by atoms with Gasteiger partial charge in [-0.2, -0.15) is 0 Å². The van der Waals surface area contributed by atoms with Gasteiger partial charge in [0.2, 0.25) is 0 Å². The summed E-state index contributed by atoms with van der Waals surface area (Å²) in [5, 5.41) is 2.66. The highest BCUT2D eigenvalue weighted by molar-refractivity contribution is 5.82. The van der Waals surface area contributed by atoms with Crippen molar-refractivity contribution in [2.45, 2.75) is 31.7 Å². The molecule has 0 radical (unpaired) electrons. The molecule has 17 heavy (non-hydrogen) atoms. The average molecular weight is 225 g/mol. The quantitative estimate of drug-likeness (QED) is 0.846. The summed E-state index contributed by atoms with van der Waals surface area (Å²) in [6.07, 6.45) is 4.93. The first-order valence-electron chi connectivity index (χ1n) is 6.56. The molecule has 0 spiro atoms. The summed E-state index contributed by atoms with van der Waals surface area (Å²) in [4.78, 5) is 0. The molecule has 1 aliphatic rings. The Balaban J connectivity index is 1.71. The average Bonchev–Trinajstić information content (AvgIpc) is 3.20. The minimum absolute atomic E-state index is 0.418. The predicted octanol–water partition coefficient (Wildman–Crippen LogP) is 3.51. The number of rotatable bonds is 4. The Morgan fingerprint density at radius 3 is 2.59 bits per heavy atom. The van der Waals surface area contributed by atoms with Crippen molar-refractivity contribution in [3.63, 3.8) is 0 Å². The van der Waals surface area contributed by atoms with Crippen molar-refractivity contribution in [1.82, 2.24) is 0 Å². The third kappa shape index (κ3) is 2.50. The summed E-state index contributed by atoms with van der Waals surface area (Å²) in [6.45, 7) is 0. The van der Waals surface area contributed by atoms with E-state index in [4.69, 9.17) is 5.73 Å². The Labute approximate surface area is 103 Å². The van der Waals surface area contributed by atoms with Crippen LogP contribution in [0.5, 0.6) is 0 Å². The van der Waals surface area contributed by atoms with Crippen LogP contribution in [0.2, 0.25) is 0 Å². The molecule has 3 rings (SSSR count). The van der Waals surface area contributed by atoms with E-state index in [1.54, 1.807) is 0 Å². The van der Waals surface area contributed by atoms with Crippen molar-refractivity contribution in [1.29, 1.82) is 0 Å². The number of hydrogen-bond donors (Lipinski definition) is 1. The van der Waals surface area contributed by atoms with Gasteiger partial charge >= 0.3 is 0 Å². The van der Waals surface area contributed by atoms with Crippen LogP contribution in [-0.2, 0) is 6.42 Å². The molecule has 2 aromatic carbocycles. The van der Waals surface area contributed by atoms with Crippen LogP contribution in [-0.4, -0.2) is 6.04 Å². The van der Waals surface area contributed by atoms with Gasteiger partial charge < -0.3 is 5.73 Å². The lowest BCUT2D eigenvalue weighted by atomic mass is 10.00. The summed E-state index contributed by atoms with van der Waals surface area (Å²) < 4.78 is 0. The summed E-state index contributed by atoms with van der Waals surface area (Å²) in [6, 6.07) is 15.7. The van der Waals surface area contributed by atoms with Crippen LogP contribution >= 0.6 is 0 Å². The van der Waals surface area contributed by atoms with Gasteiger partial charge in [0, 0.05) is 6.04 Å². The fraction of sp³-hybridized carbons (Fsp3) is 0.375. The van der Waals surface area contributed by atoms with Gasteiger partial charge in [-0.1, -0.05) is 42.5 Å². The lowest BCUT2D eigenvalue weighted by molar-refractivity contribution is 0.550. The SMILES string of the molecule is NC(CCc1ccc2ccccc2c1)C1CC1. The molecule has 0 heterocycles. The highest BCUT2D eigenvalue weighted by Crippen LogP contribution is 2.33. The van der Waals surface area contributed by atoms with Crippen LogP contribution in [0.25, 0.3) is 10.8 Å². The van der Waals surface area contributed by atoms with E-state index in [-0.39, 0.29) is 0 Å². The first-order chi connectivity index (χ1) is 8.33. The van der Waals surface area contributed by atoms with E-state index in [0.717, 1.165) is 18.8 Å². The van der Waals surface area contributed by atoms with E-state index < -0.39 is 0 Å². The van der Waals surface area contributed by atoms with E-state index >= 15 is 0 Å². The Morgan fingerprint density at radius 2 is 1.82 bits per heavy atom. The monoisotopic (exact) mass is 225 g/mol. The van der Waals surface area contributed by atoms with Crippen molar-refractivity contribution >= 4 is 10.8 Å². The molecule has 88 valence electrons. The third-order valence-electron chi connectivity index (χ3n) is 3.81. The molecule has 1 nitrogen and oxygen atoms in total. The lowest BCUT2D eigenvalue weighted by Gasteiger charge is -2.10. The van der Waals surface area contributed by atoms with Crippen molar-refractivity contribution in [3.8, 4) is 0 Å². The molecule has 0 saturated heterocycles. The molecule has 1 atom stereocenters. The van der Waals surface area contributed by atoms with Gasteiger partial charge in [-0.25, -0.2) is 0 Å². The second-order valence-corrected chi connectivity index (χ2v) is 5.22. The molecule has 1 aliphatic carbocycles. The van der Waals surface area contributed by atoms with E-state index in [1.165, 1.54) is 29.2 Å². The second kappa shape index (κ2) is 4.50. The van der Waals surface area contributed by atoms with Crippen molar-refractivity contribution in [2.75, 3.05) is 0 Å². The molecule has 0 bridgehead atoms. The molecule has 1 unspecified atom stereocenters. The molecule has 2 N–H and O–H groups in total. The first kappa shape index (κ1) is 10.8. The van der Waals surface area contributed by atoms with Crippen molar-refractivity contribution < 1.29 is 0 Å². The third-order valence-corrected chi connectivity index (χ3v) is 3.81. The number of fused-ring (bicyclic) bond motifs is 1.